The van der Waals surface area contributed by atoms with Gasteiger partial charge in [0.25, 0.3) is 0 Å². The quantitative estimate of drug-likeness (QED) is 0.303. The molecule has 0 heterocycles. The Labute approximate surface area is 127 Å². The predicted octanol–water partition coefficient (Wildman–Crippen LogP) is 5.00. The van der Waals surface area contributed by atoms with Crippen LogP contribution < -0.4 is 0 Å². The summed E-state index contributed by atoms with van der Waals surface area (Å²) in [5.41, 5.74) is 0. The van der Waals surface area contributed by atoms with E-state index in [1.807, 2.05) is 19.6 Å². The smallest absolute Gasteiger partial charge is 0.330 e. The van der Waals surface area contributed by atoms with Gasteiger partial charge in [-0.15, -0.1) is 11.6 Å². The number of esters is 1. The molecule has 0 aromatic rings. The van der Waals surface area contributed by atoms with Gasteiger partial charge in [0, 0.05) is 8.07 Å². The molecule has 1 atom stereocenters. The fourth-order valence-corrected chi connectivity index (χ4v) is 5.39. The summed E-state index contributed by atoms with van der Waals surface area (Å²) in [6.07, 6.45) is 0. The van der Waals surface area contributed by atoms with E-state index < -0.39 is 27.5 Å². The number of hydrogen-bond donors (Lipinski definition) is 0. The number of rotatable bonds is 5. The molecule has 0 bridgehead atoms. The SMILES string of the molecule is C[Si](C)(C)C[C@@H](Cl)C(=O)O/C(Cl)=C(/Cl)[Si](C)(C)C. The largest absolute Gasteiger partial charge is 0.412 e. The number of alkyl halides is 1. The number of halogens is 3. The van der Waals surface area contributed by atoms with Crippen LogP contribution in [0.25, 0.3) is 0 Å². The molecule has 0 aliphatic rings. The van der Waals surface area contributed by atoms with E-state index in [4.69, 9.17) is 39.5 Å². The summed E-state index contributed by atoms with van der Waals surface area (Å²) in [5, 5.41) is -0.682. The van der Waals surface area contributed by atoms with Crippen LogP contribution in [0.3, 0.4) is 0 Å². The Hall–Kier alpha value is 0.514. The zero-order chi connectivity index (χ0) is 14.7. The van der Waals surface area contributed by atoms with E-state index in [0.717, 1.165) is 0 Å². The van der Waals surface area contributed by atoms with Crippen LogP contribution in [-0.2, 0) is 9.53 Å². The number of ether oxygens (including phenoxy) is 1. The number of hydrogen-bond acceptors (Lipinski definition) is 2. The minimum absolute atomic E-state index is 0.0259. The fraction of sp³-hybridized carbons (Fsp3) is 0.727. The second-order valence-electron chi connectivity index (χ2n) is 6.49. The van der Waals surface area contributed by atoms with Crippen molar-refractivity contribution in [2.45, 2.75) is 50.7 Å². The van der Waals surface area contributed by atoms with Crippen molar-refractivity contribution in [1.29, 1.82) is 0 Å². The summed E-state index contributed by atoms with van der Waals surface area (Å²) in [7, 11) is -3.18. The minimum Gasteiger partial charge on any atom is -0.412 e. The first-order chi connectivity index (χ1) is 7.84. The summed E-state index contributed by atoms with van der Waals surface area (Å²) in [5.74, 6) is -0.513. The predicted molar refractivity (Wildman–Crippen MR) is 86.0 cm³/mol. The van der Waals surface area contributed by atoms with Crippen molar-refractivity contribution >= 4 is 56.9 Å². The Kier molecular flexibility index (Phi) is 6.99. The summed E-state index contributed by atoms with van der Waals surface area (Å²) < 4.78 is 5.50. The van der Waals surface area contributed by atoms with Crippen LogP contribution in [0.4, 0.5) is 0 Å². The van der Waals surface area contributed by atoms with E-state index in [2.05, 4.69) is 19.6 Å². The molecule has 0 saturated heterocycles. The molecule has 0 aromatic carbocycles. The van der Waals surface area contributed by atoms with Gasteiger partial charge in [-0.25, -0.2) is 0 Å². The maximum absolute atomic E-state index is 11.8. The van der Waals surface area contributed by atoms with E-state index >= 15 is 0 Å². The van der Waals surface area contributed by atoms with Crippen LogP contribution in [0.2, 0.25) is 45.3 Å². The summed E-state index contributed by atoms with van der Waals surface area (Å²) in [4.78, 5) is 11.8. The monoisotopic (exact) mass is 346 g/mol. The van der Waals surface area contributed by atoms with Crippen LogP contribution in [0, 0.1) is 0 Å². The fourth-order valence-electron chi connectivity index (χ4n) is 1.11. The summed E-state index contributed by atoms with van der Waals surface area (Å²) in [6, 6.07) is 0.655. The number of carbonyl (C=O) groups excluding carboxylic acids is 1. The lowest BCUT2D eigenvalue weighted by Gasteiger charge is -2.20. The average Bonchev–Trinajstić information content (AvgIpc) is 2.12. The molecule has 7 heteroatoms. The Morgan fingerprint density at radius 3 is 1.89 bits per heavy atom. The highest BCUT2D eigenvalue weighted by atomic mass is 35.5. The van der Waals surface area contributed by atoms with Crippen LogP contribution in [0.1, 0.15) is 0 Å². The van der Waals surface area contributed by atoms with Gasteiger partial charge >= 0.3 is 5.97 Å². The van der Waals surface area contributed by atoms with Crippen molar-refractivity contribution < 1.29 is 9.53 Å². The standard InChI is InChI=1S/C11H21Cl3O2Si2/c1-17(2,3)7-8(12)11(15)16-9(13)10(14)18(4,5)6/h8H,7H2,1-6H3/b10-9-/t8-/m1/s1. The van der Waals surface area contributed by atoms with E-state index in [9.17, 15) is 4.79 Å². The third-order valence-electron chi connectivity index (χ3n) is 2.07. The van der Waals surface area contributed by atoms with E-state index in [0.29, 0.717) is 10.7 Å². The molecule has 0 spiro atoms. The summed E-state index contributed by atoms with van der Waals surface area (Å²) in [6.45, 7) is 12.5. The molecular weight excluding hydrogens is 327 g/mol. The molecule has 0 radical (unpaired) electrons. The molecule has 0 rings (SSSR count). The lowest BCUT2D eigenvalue weighted by Crippen LogP contribution is -2.30. The van der Waals surface area contributed by atoms with Gasteiger partial charge in [-0.2, -0.15) is 0 Å². The Morgan fingerprint density at radius 2 is 1.56 bits per heavy atom. The third kappa shape index (κ3) is 7.19. The van der Waals surface area contributed by atoms with Crippen LogP contribution in [0.15, 0.2) is 9.87 Å². The van der Waals surface area contributed by atoms with Crippen molar-refractivity contribution in [3.63, 3.8) is 0 Å². The topological polar surface area (TPSA) is 26.3 Å². The zero-order valence-electron chi connectivity index (χ0n) is 11.7. The first-order valence-electron chi connectivity index (χ1n) is 5.76. The van der Waals surface area contributed by atoms with Gasteiger partial charge < -0.3 is 4.74 Å². The van der Waals surface area contributed by atoms with Gasteiger partial charge in [0.2, 0.25) is 5.22 Å². The first kappa shape index (κ1) is 18.5. The molecule has 2 nitrogen and oxygen atoms in total. The van der Waals surface area contributed by atoms with Crippen molar-refractivity contribution in [2.75, 3.05) is 0 Å². The molecule has 18 heavy (non-hydrogen) atoms. The van der Waals surface area contributed by atoms with Crippen LogP contribution in [-0.4, -0.2) is 27.5 Å². The zero-order valence-corrected chi connectivity index (χ0v) is 16.0. The van der Waals surface area contributed by atoms with Crippen molar-refractivity contribution in [3.05, 3.63) is 9.87 Å². The maximum Gasteiger partial charge on any atom is 0.330 e. The second-order valence-corrected chi connectivity index (χ2v) is 18.6. The molecule has 0 aliphatic carbocycles. The molecule has 0 fully saturated rings. The molecular formula is C11H21Cl3O2Si2. The van der Waals surface area contributed by atoms with Crippen LogP contribution >= 0.6 is 34.8 Å². The van der Waals surface area contributed by atoms with Crippen molar-refractivity contribution in [1.82, 2.24) is 0 Å². The molecule has 0 N–H and O–H groups in total. The van der Waals surface area contributed by atoms with Gasteiger partial charge in [0.1, 0.15) is 5.38 Å². The van der Waals surface area contributed by atoms with Gasteiger partial charge in [-0.1, -0.05) is 50.9 Å². The Morgan fingerprint density at radius 1 is 1.11 bits per heavy atom. The van der Waals surface area contributed by atoms with Crippen molar-refractivity contribution in [2.24, 2.45) is 0 Å². The highest BCUT2D eigenvalue weighted by molar-refractivity contribution is 6.92. The highest BCUT2D eigenvalue weighted by Gasteiger charge is 2.28. The highest BCUT2D eigenvalue weighted by Crippen LogP contribution is 2.27. The lowest BCUT2D eigenvalue weighted by molar-refractivity contribution is -0.137. The molecule has 0 unspecified atom stereocenters. The lowest BCUT2D eigenvalue weighted by atomic mass is 10.5. The van der Waals surface area contributed by atoms with Crippen molar-refractivity contribution in [3.8, 4) is 0 Å². The average molecular weight is 348 g/mol. The molecule has 106 valence electrons. The first-order valence-corrected chi connectivity index (χ1v) is 14.2. The van der Waals surface area contributed by atoms with Crippen LogP contribution in [0.5, 0.6) is 0 Å². The normalized spacial score (nSPS) is 16.1. The summed E-state index contributed by atoms with van der Waals surface area (Å²) >= 11 is 18.0. The van der Waals surface area contributed by atoms with E-state index in [1.165, 1.54) is 0 Å². The van der Waals surface area contributed by atoms with Gasteiger partial charge in [-0.05, 0) is 17.6 Å². The van der Waals surface area contributed by atoms with Gasteiger partial charge in [-0.3, -0.25) is 4.79 Å². The van der Waals surface area contributed by atoms with E-state index in [1.54, 1.807) is 0 Å². The molecule has 0 aromatic heterocycles. The van der Waals surface area contributed by atoms with Gasteiger partial charge in [0.15, 0.2) is 0 Å². The Bertz CT molecular complexity index is 343. The number of carbonyl (C=O) groups is 1. The van der Waals surface area contributed by atoms with E-state index in [-0.39, 0.29) is 5.22 Å². The third-order valence-corrected chi connectivity index (χ3v) is 8.23. The molecule has 0 aliphatic heterocycles. The maximum atomic E-state index is 11.8. The second kappa shape index (κ2) is 6.79. The molecule has 0 saturated carbocycles. The minimum atomic E-state index is -1.77. The van der Waals surface area contributed by atoms with Gasteiger partial charge in [0.05, 0.1) is 12.7 Å². The molecule has 0 amide bonds. The Balaban J connectivity index is 4.68.